The normalized spacial score (nSPS) is 14.1. The van der Waals surface area contributed by atoms with Gasteiger partial charge in [-0.1, -0.05) is 0 Å². The van der Waals surface area contributed by atoms with Crippen LogP contribution in [0.4, 0.5) is 0 Å². The van der Waals surface area contributed by atoms with Gasteiger partial charge in [-0.05, 0) is 6.07 Å². The van der Waals surface area contributed by atoms with Gasteiger partial charge >= 0.3 is 10.2 Å². The smallest absolute Gasteiger partial charge is 0.210 e. The van der Waals surface area contributed by atoms with Crippen LogP contribution >= 0.6 is 0 Å². The first-order chi connectivity index (χ1) is 7.47. The summed E-state index contributed by atoms with van der Waals surface area (Å²) in [4.78, 5) is 0. The Morgan fingerprint density at radius 1 is 1.00 bits per heavy atom. The van der Waals surface area contributed by atoms with Gasteiger partial charge < -0.3 is 0 Å². The van der Waals surface area contributed by atoms with Crippen molar-refractivity contribution in [3.8, 4) is 0 Å². The lowest BCUT2D eigenvalue weighted by atomic mass is 10.8. The van der Waals surface area contributed by atoms with E-state index < -0.39 is 33.4 Å². The first kappa shape index (κ1) is 14.1. The fraction of sp³-hybridized carbons (Fsp3) is 0.400. The van der Waals surface area contributed by atoms with Crippen molar-refractivity contribution in [2.75, 3.05) is 12.5 Å². The van der Waals surface area contributed by atoms with Crippen LogP contribution in [0.5, 0.6) is 0 Å². The zero-order chi connectivity index (χ0) is 13.5. The number of hydrogen-bond acceptors (Lipinski definition) is 7. The number of nitrogens with zero attached hydrogens (tertiary/aromatic N) is 3. The topological polar surface area (TPSA) is 123 Å². The summed E-state index contributed by atoms with van der Waals surface area (Å²) >= 11 is 0. The van der Waals surface area contributed by atoms with E-state index in [2.05, 4.69) is 5.10 Å². The highest BCUT2D eigenvalue weighted by molar-refractivity contribution is 8.16. The van der Waals surface area contributed by atoms with Crippen LogP contribution < -0.4 is 0 Å². The zero-order valence-corrected chi connectivity index (χ0v) is 11.2. The average Bonchev–Trinajstić information content (AvgIpc) is 2.46. The molecule has 98 valence electrons. The van der Waals surface area contributed by atoms with E-state index in [9.17, 15) is 25.3 Å². The van der Waals surface area contributed by atoms with Crippen LogP contribution in [0, 0.1) is 0 Å². The molecule has 0 aliphatic heterocycles. The molecule has 0 amide bonds. The van der Waals surface area contributed by atoms with Crippen molar-refractivity contribution in [2.24, 2.45) is 0 Å². The molecular formula is C5H9N3O6S3. The second-order valence-electron chi connectivity index (χ2n) is 3.05. The van der Waals surface area contributed by atoms with Crippen LogP contribution in [0.1, 0.15) is 0 Å². The Labute approximate surface area is 98.9 Å². The Morgan fingerprint density at radius 2 is 1.47 bits per heavy atom. The van der Waals surface area contributed by atoms with Gasteiger partial charge in [0.05, 0.1) is 18.7 Å². The second-order valence-corrected chi connectivity index (χ2v) is 9.04. The third-order valence-electron chi connectivity index (χ3n) is 1.45. The van der Waals surface area contributed by atoms with Crippen LogP contribution in [0.2, 0.25) is 0 Å². The molecule has 0 spiro atoms. The Hall–Kier alpha value is -0.980. The van der Waals surface area contributed by atoms with Gasteiger partial charge in [-0.2, -0.15) is 17.6 Å². The lowest BCUT2D eigenvalue weighted by molar-refractivity contribution is 0.526. The molecule has 9 nitrogen and oxygen atoms in total. The standard InChI is InChI=1S/C5H9N3O6S3/c1-15(9,10)8(16(2,11)12)17(13,14)7-5-3-4-6-7/h3-5H,1-2H3. The highest BCUT2D eigenvalue weighted by Gasteiger charge is 2.41. The molecular weight excluding hydrogens is 294 g/mol. The van der Waals surface area contributed by atoms with Gasteiger partial charge in [0.25, 0.3) is 0 Å². The van der Waals surface area contributed by atoms with Crippen LogP contribution in [-0.4, -0.2) is 50.1 Å². The molecule has 0 radical (unpaired) electrons. The first-order valence-electron chi connectivity index (χ1n) is 3.93. The van der Waals surface area contributed by atoms with Gasteiger partial charge in [-0.15, -0.1) is 0 Å². The van der Waals surface area contributed by atoms with Crippen molar-refractivity contribution in [3.05, 3.63) is 18.5 Å². The molecule has 1 aromatic rings. The van der Waals surface area contributed by atoms with E-state index in [0.717, 1.165) is 12.4 Å². The molecule has 1 aromatic heterocycles. The predicted octanol–water partition coefficient (Wildman–Crippen LogP) is -1.80. The number of hydrogen-bond donors (Lipinski definition) is 0. The van der Waals surface area contributed by atoms with Crippen molar-refractivity contribution in [3.63, 3.8) is 0 Å². The van der Waals surface area contributed by atoms with E-state index >= 15 is 0 Å². The average molecular weight is 303 g/mol. The fourth-order valence-electron chi connectivity index (χ4n) is 1.05. The Balaban J connectivity index is 3.59. The summed E-state index contributed by atoms with van der Waals surface area (Å²) in [5.74, 6) is 0. The lowest BCUT2D eigenvalue weighted by Gasteiger charge is -2.16. The van der Waals surface area contributed by atoms with Crippen molar-refractivity contribution in [1.29, 1.82) is 0 Å². The van der Waals surface area contributed by atoms with E-state index in [4.69, 9.17) is 0 Å². The summed E-state index contributed by atoms with van der Waals surface area (Å²) in [6.45, 7) is 0. The van der Waals surface area contributed by atoms with Crippen molar-refractivity contribution < 1.29 is 25.3 Å². The largest absolute Gasteiger partial charge is 0.349 e. The first-order valence-corrected chi connectivity index (χ1v) is 9.02. The molecule has 0 bridgehead atoms. The van der Waals surface area contributed by atoms with Crippen LogP contribution in [0.3, 0.4) is 0 Å². The molecule has 17 heavy (non-hydrogen) atoms. The number of rotatable bonds is 4. The minimum absolute atomic E-state index is 0.245. The van der Waals surface area contributed by atoms with Crippen LogP contribution in [0.25, 0.3) is 0 Å². The summed E-state index contributed by atoms with van der Waals surface area (Å²) in [7, 11) is -13.8. The number of sulfonamides is 2. The van der Waals surface area contributed by atoms with Gasteiger partial charge in [0, 0.05) is 9.31 Å². The molecule has 0 aliphatic rings. The maximum atomic E-state index is 11.8. The zero-order valence-electron chi connectivity index (χ0n) is 8.75. The molecule has 0 saturated carbocycles. The number of aromatic nitrogens is 2. The molecule has 0 aliphatic carbocycles. The Kier molecular flexibility index (Phi) is 3.35. The van der Waals surface area contributed by atoms with E-state index in [1.807, 2.05) is 0 Å². The molecule has 0 aromatic carbocycles. The maximum absolute atomic E-state index is 11.8. The van der Waals surface area contributed by atoms with E-state index in [-0.39, 0.29) is 4.09 Å². The van der Waals surface area contributed by atoms with Gasteiger partial charge in [-0.3, -0.25) is 0 Å². The molecule has 0 unspecified atom stereocenters. The Bertz CT molecular complexity index is 667. The summed E-state index contributed by atoms with van der Waals surface area (Å²) in [5, 5.41) is 3.29. The fourth-order valence-corrected chi connectivity index (χ4v) is 6.70. The summed E-state index contributed by atoms with van der Waals surface area (Å²) in [6, 6.07) is 1.21. The van der Waals surface area contributed by atoms with Crippen LogP contribution in [0.15, 0.2) is 18.5 Å². The minimum atomic E-state index is -4.81. The highest BCUT2D eigenvalue weighted by atomic mass is 32.3. The third kappa shape index (κ3) is 2.83. The predicted molar refractivity (Wildman–Crippen MR) is 58.1 cm³/mol. The van der Waals surface area contributed by atoms with E-state index in [1.54, 1.807) is 0 Å². The van der Waals surface area contributed by atoms with Crippen molar-refractivity contribution in [1.82, 2.24) is 12.3 Å². The molecule has 0 atom stereocenters. The summed E-state index contributed by atoms with van der Waals surface area (Å²) < 4.78 is 68.2. The lowest BCUT2D eigenvalue weighted by Crippen LogP contribution is -2.43. The molecule has 0 fully saturated rings. The van der Waals surface area contributed by atoms with Crippen LogP contribution in [-0.2, 0) is 30.3 Å². The molecule has 0 N–H and O–H groups in total. The second kappa shape index (κ2) is 4.04. The SMILES string of the molecule is CS(=O)(=O)N(S(C)(=O)=O)S(=O)(=O)n1cccn1. The monoisotopic (exact) mass is 303 g/mol. The molecule has 12 heteroatoms. The van der Waals surface area contributed by atoms with Gasteiger partial charge in [0.1, 0.15) is 0 Å². The third-order valence-corrected chi connectivity index (χ3v) is 7.97. The minimum Gasteiger partial charge on any atom is -0.210 e. The highest BCUT2D eigenvalue weighted by Crippen LogP contribution is 2.14. The van der Waals surface area contributed by atoms with E-state index in [0.29, 0.717) is 12.5 Å². The van der Waals surface area contributed by atoms with Crippen molar-refractivity contribution >= 4 is 30.3 Å². The maximum Gasteiger partial charge on any atom is 0.349 e. The quantitative estimate of drug-likeness (QED) is 0.642. The van der Waals surface area contributed by atoms with Gasteiger partial charge in [0.2, 0.25) is 20.0 Å². The summed E-state index contributed by atoms with van der Waals surface area (Å²) in [6.07, 6.45) is 2.92. The van der Waals surface area contributed by atoms with E-state index in [1.165, 1.54) is 6.07 Å². The van der Waals surface area contributed by atoms with Gasteiger partial charge in [-0.25, -0.2) is 16.8 Å². The van der Waals surface area contributed by atoms with Gasteiger partial charge in [0.15, 0.2) is 0 Å². The summed E-state index contributed by atoms with van der Waals surface area (Å²) in [5.41, 5.74) is 0. The molecule has 1 rings (SSSR count). The molecule has 0 saturated heterocycles. The van der Waals surface area contributed by atoms with Crippen molar-refractivity contribution in [2.45, 2.75) is 0 Å². The Morgan fingerprint density at radius 3 is 1.76 bits per heavy atom. The molecule has 1 heterocycles.